The van der Waals surface area contributed by atoms with Gasteiger partial charge in [-0.1, -0.05) is 13.0 Å². The van der Waals surface area contributed by atoms with Crippen LogP contribution in [0.1, 0.15) is 37.1 Å². The predicted octanol–water partition coefficient (Wildman–Crippen LogP) is 2.50. The average molecular weight is 420 g/mol. The fourth-order valence-corrected chi connectivity index (χ4v) is 5.79. The highest BCUT2D eigenvalue weighted by Gasteiger charge is 2.31. The number of hydrogen-bond donors (Lipinski definition) is 1. The van der Waals surface area contributed by atoms with Crippen molar-refractivity contribution < 1.29 is 4.74 Å². The van der Waals surface area contributed by atoms with Gasteiger partial charge < -0.3 is 15.0 Å². The summed E-state index contributed by atoms with van der Waals surface area (Å²) in [6.45, 7) is 11.8. The standard InChI is InChI=1S/C22H37N5OS/c1-18-5-8-26(9-6-18)20(21-4-3-15-29-21)16-24-22(23-2)27-10-7-19(17-27)25-11-13-28-14-12-25/h3-4,15,18-20H,5-14,16-17H2,1-2H3,(H,23,24). The fraction of sp³-hybridized carbons (Fsp3) is 0.773. The first kappa shape index (κ1) is 21.1. The van der Waals surface area contributed by atoms with Crippen molar-refractivity contribution >= 4 is 17.3 Å². The maximum Gasteiger partial charge on any atom is 0.193 e. The molecular weight excluding hydrogens is 382 g/mol. The van der Waals surface area contributed by atoms with E-state index in [0.29, 0.717) is 12.1 Å². The Kier molecular flexibility index (Phi) is 7.45. The summed E-state index contributed by atoms with van der Waals surface area (Å²) in [4.78, 5) is 13.8. The van der Waals surface area contributed by atoms with Crippen LogP contribution in [-0.2, 0) is 4.74 Å². The number of piperidine rings is 1. The molecule has 0 aromatic carbocycles. The lowest BCUT2D eigenvalue weighted by atomic mass is 9.97. The highest BCUT2D eigenvalue weighted by atomic mass is 32.1. The van der Waals surface area contributed by atoms with Crippen LogP contribution in [0, 0.1) is 5.92 Å². The third kappa shape index (κ3) is 5.32. The Morgan fingerprint density at radius 2 is 2.00 bits per heavy atom. The molecule has 4 rings (SSSR count). The van der Waals surface area contributed by atoms with Crippen molar-refractivity contribution in [3.8, 4) is 0 Å². The Balaban J connectivity index is 1.34. The summed E-state index contributed by atoms with van der Waals surface area (Å²) >= 11 is 1.88. The molecule has 3 aliphatic heterocycles. The molecule has 0 radical (unpaired) electrons. The van der Waals surface area contributed by atoms with E-state index in [-0.39, 0.29) is 0 Å². The molecule has 2 unspecified atom stereocenters. The van der Waals surface area contributed by atoms with Crippen LogP contribution in [0.2, 0.25) is 0 Å². The van der Waals surface area contributed by atoms with Crippen molar-refractivity contribution in [2.45, 2.75) is 38.3 Å². The molecule has 3 saturated heterocycles. The molecular formula is C22H37N5OS. The van der Waals surface area contributed by atoms with Crippen LogP contribution in [-0.4, -0.2) is 92.8 Å². The summed E-state index contributed by atoms with van der Waals surface area (Å²) in [5, 5.41) is 5.93. The Labute approximate surface area is 179 Å². The second-order valence-electron chi connectivity index (χ2n) is 8.71. The van der Waals surface area contributed by atoms with Crippen molar-refractivity contribution in [2.75, 3.05) is 66.1 Å². The first-order valence-electron chi connectivity index (χ1n) is 11.3. The molecule has 2 atom stereocenters. The number of aliphatic imine (C=N–C) groups is 1. The van der Waals surface area contributed by atoms with Gasteiger partial charge in [0, 0.05) is 50.7 Å². The molecule has 0 spiro atoms. The van der Waals surface area contributed by atoms with Crippen molar-refractivity contribution in [3.63, 3.8) is 0 Å². The maximum atomic E-state index is 5.52. The van der Waals surface area contributed by atoms with Gasteiger partial charge in [-0.05, 0) is 49.7 Å². The monoisotopic (exact) mass is 419 g/mol. The molecule has 7 heteroatoms. The minimum Gasteiger partial charge on any atom is -0.379 e. The van der Waals surface area contributed by atoms with E-state index in [9.17, 15) is 0 Å². The van der Waals surface area contributed by atoms with Crippen LogP contribution in [0.5, 0.6) is 0 Å². The SMILES string of the molecule is CN=C(NCC(c1cccs1)N1CCC(C)CC1)N1CCC(N2CCOCC2)C1. The number of morpholine rings is 1. The highest BCUT2D eigenvalue weighted by Crippen LogP contribution is 2.29. The van der Waals surface area contributed by atoms with Crippen LogP contribution in [0.3, 0.4) is 0 Å². The molecule has 1 aromatic rings. The largest absolute Gasteiger partial charge is 0.379 e. The van der Waals surface area contributed by atoms with Gasteiger partial charge in [-0.3, -0.25) is 14.8 Å². The van der Waals surface area contributed by atoms with E-state index in [1.807, 2.05) is 18.4 Å². The molecule has 0 amide bonds. The van der Waals surface area contributed by atoms with E-state index < -0.39 is 0 Å². The minimum absolute atomic E-state index is 0.442. The fourth-order valence-electron chi connectivity index (χ4n) is 4.93. The molecule has 3 aliphatic rings. The van der Waals surface area contributed by atoms with Crippen molar-refractivity contribution in [2.24, 2.45) is 10.9 Å². The number of nitrogens with zero attached hydrogens (tertiary/aromatic N) is 4. The zero-order chi connectivity index (χ0) is 20.1. The Morgan fingerprint density at radius 1 is 1.21 bits per heavy atom. The minimum atomic E-state index is 0.442. The number of ether oxygens (including phenoxy) is 1. The summed E-state index contributed by atoms with van der Waals surface area (Å²) in [6, 6.07) is 5.55. The molecule has 1 N–H and O–H groups in total. The summed E-state index contributed by atoms with van der Waals surface area (Å²) in [5.41, 5.74) is 0. The Bertz CT molecular complexity index is 638. The molecule has 1 aromatic heterocycles. The van der Waals surface area contributed by atoms with E-state index in [2.05, 4.69) is 49.4 Å². The van der Waals surface area contributed by atoms with E-state index in [4.69, 9.17) is 4.74 Å². The first-order chi connectivity index (χ1) is 14.2. The molecule has 0 aliphatic carbocycles. The molecule has 162 valence electrons. The van der Waals surface area contributed by atoms with Crippen LogP contribution in [0.15, 0.2) is 22.5 Å². The maximum absolute atomic E-state index is 5.52. The Morgan fingerprint density at radius 3 is 2.69 bits per heavy atom. The quantitative estimate of drug-likeness (QED) is 0.587. The lowest BCUT2D eigenvalue weighted by Gasteiger charge is -2.37. The van der Waals surface area contributed by atoms with Gasteiger partial charge in [0.2, 0.25) is 0 Å². The lowest BCUT2D eigenvalue weighted by Crippen LogP contribution is -2.48. The third-order valence-electron chi connectivity index (χ3n) is 6.82. The third-order valence-corrected chi connectivity index (χ3v) is 7.79. The van der Waals surface area contributed by atoms with Crippen molar-refractivity contribution in [1.29, 1.82) is 0 Å². The number of thiophene rings is 1. The van der Waals surface area contributed by atoms with Gasteiger partial charge in [0.25, 0.3) is 0 Å². The number of rotatable bonds is 5. The molecule has 6 nitrogen and oxygen atoms in total. The van der Waals surface area contributed by atoms with Gasteiger partial charge in [0.05, 0.1) is 19.3 Å². The van der Waals surface area contributed by atoms with E-state index in [1.165, 1.54) is 37.2 Å². The lowest BCUT2D eigenvalue weighted by molar-refractivity contribution is 0.0194. The zero-order valence-electron chi connectivity index (χ0n) is 18.1. The summed E-state index contributed by atoms with van der Waals surface area (Å²) in [5.74, 6) is 1.92. The predicted molar refractivity (Wildman–Crippen MR) is 121 cm³/mol. The van der Waals surface area contributed by atoms with Gasteiger partial charge in [0.1, 0.15) is 0 Å². The molecule has 0 bridgehead atoms. The van der Waals surface area contributed by atoms with Gasteiger partial charge in [-0.25, -0.2) is 0 Å². The zero-order valence-corrected chi connectivity index (χ0v) is 18.9. The summed E-state index contributed by atoms with van der Waals surface area (Å²) in [6.07, 6.45) is 3.84. The summed E-state index contributed by atoms with van der Waals surface area (Å²) < 4.78 is 5.52. The van der Waals surface area contributed by atoms with Crippen molar-refractivity contribution in [1.82, 2.24) is 20.0 Å². The smallest absolute Gasteiger partial charge is 0.193 e. The second-order valence-corrected chi connectivity index (χ2v) is 9.69. The highest BCUT2D eigenvalue weighted by molar-refractivity contribution is 7.10. The number of hydrogen-bond acceptors (Lipinski definition) is 5. The van der Waals surface area contributed by atoms with Crippen molar-refractivity contribution in [3.05, 3.63) is 22.4 Å². The normalized spacial score (nSPS) is 26.8. The van der Waals surface area contributed by atoms with E-state index in [0.717, 1.165) is 57.8 Å². The van der Waals surface area contributed by atoms with Gasteiger partial charge in [0.15, 0.2) is 5.96 Å². The van der Waals surface area contributed by atoms with Gasteiger partial charge >= 0.3 is 0 Å². The second kappa shape index (κ2) is 10.2. The number of likely N-dealkylation sites (tertiary alicyclic amines) is 2. The van der Waals surface area contributed by atoms with Gasteiger partial charge in [-0.15, -0.1) is 11.3 Å². The van der Waals surface area contributed by atoms with Crippen LogP contribution in [0.25, 0.3) is 0 Å². The number of guanidine groups is 1. The first-order valence-corrected chi connectivity index (χ1v) is 12.2. The summed E-state index contributed by atoms with van der Waals surface area (Å²) in [7, 11) is 1.92. The molecule has 0 saturated carbocycles. The molecule has 29 heavy (non-hydrogen) atoms. The van der Waals surface area contributed by atoms with Crippen LogP contribution in [0.4, 0.5) is 0 Å². The van der Waals surface area contributed by atoms with E-state index >= 15 is 0 Å². The van der Waals surface area contributed by atoms with Crippen LogP contribution >= 0.6 is 11.3 Å². The topological polar surface area (TPSA) is 43.3 Å². The van der Waals surface area contributed by atoms with E-state index in [1.54, 1.807) is 0 Å². The van der Waals surface area contributed by atoms with Crippen LogP contribution < -0.4 is 5.32 Å². The molecule has 4 heterocycles. The Hall–Kier alpha value is -1.15. The average Bonchev–Trinajstić information content (AvgIpc) is 3.46. The number of nitrogens with one attached hydrogen (secondary N) is 1. The molecule has 3 fully saturated rings. The van der Waals surface area contributed by atoms with Gasteiger partial charge in [-0.2, -0.15) is 0 Å².